The van der Waals surface area contributed by atoms with Gasteiger partial charge in [-0.25, -0.2) is 0 Å². The van der Waals surface area contributed by atoms with Gasteiger partial charge in [-0.15, -0.1) is 0 Å². The van der Waals surface area contributed by atoms with Gasteiger partial charge in [0, 0.05) is 18.7 Å². The first-order valence-corrected chi connectivity index (χ1v) is 10.1. The SMILES string of the molecule is CCOc1ccc(CNC(=O)c2ccc(CN3CCCCCC3)cc2)cc1. The summed E-state index contributed by atoms with van der Waals surface area (Å²) in [5.41, 5.74) is 3.05. The Kier molecular flexibility index (Phi) is 7.28. The van der Waals surface area contributed by atoms with Crippen molar-refractivity contribution in [1.29, 1.82) is 0 Å². The lowest BCUT2D eigenvalue weighted by Crippen LogP contribution is -2.24. The summed E-state index contributed by atoms with van der Waals surface area (Å²) in [7, 11) is 0. The van der Waals surface area contributed by atoms with Gasteiger partial charge in [-0.1, -0.05) is 37.1 Å². The summed E-state index contributed by atoms with van der Waals surface area (Å²) < 4.78 is 5.44. The van der Waals surface area contributed by atoms with Gasteiger partial charge < -0.3 is 10.1 Å². The van der Waals surface area contributed by atoms with Crippen molar-refractivity contribution >= 4 is 5.91 Å². The number of benzene rings is 2. The molecule has 0 unspecified atom stereocenters. The zero-order valence-corrected chi connectivity index (χ0v) is 16.2. The second kappa shape index (κ2) is 10.1. The zero-order valence-electron chi connectivity index (χ0n) is 16.2. The number of ether oxygens (including phenoxy) is 1. The smallest absolute Gasteiger partial charge is 0.251 e. The highest BCUT2D eigenvalue weighted by molar-refractivity contribution is 5.94. The van der Waals surface area contributed by atoms with E-state index in [0.29, 0.717) is 18.7 Å². The maximum Gasteiger partial charge on any atom is 0.251 e. The number of nitrogens with zero attached hydrogens (tertiary/aromatic N) is 1. The first-order chi connectivity index (χ1) is 13.2. The highest BCUT2D eigenvalue weighted by atomic mass is 16.5. The highest BCUT2D eigenvalue weighted by Crippen LogP contribution is 2.15. The summed E-state index contributed by atoms with van der Waals surface area (Å²) in [6.45, 7) is 6.49. The molecule has 2 aromatic carbocycles. The first-order valence-electron chi connectivity index (χ1n) is 10.1. The van der Waals surface area contributed by atoms with Crippen LogP contribution < -0.4 is 10.1 Å². The number of carbonyl (C=O) groups is 1. The van der Waals surface area contributed by atoms with Gasteiger partial charge in [0.05, 0.1) is 6.61 Å². The number of likely N-dealkylation sites (tertiary alicyclic amines) is 1. The fourth-order valence-electron chi connectivity index (χ4n) is 3.47. The van der Waals surface area contributed by atoms with Gasteiger partial charge >= 0.3 is 0 Å². The van der Waals surface area contributed by atoms with E-state index in [2.05, 4.69) is 22.3 Å². The molecule has 1 amide bonds. The number of hydrogen-bond donors (Lipinski definition) is 1. The van der Waals surface area contributed by atoms with Crippen molar-refractivity contribution in [1.82, 2.24) is 10.2 Å². The standard InChI is InChI=1S/C23H30N2O2/c1-2-27-22-13-9-19(10-14-22)17-24-23(26)21-11-7-20(8-12-21)18-25-15-5-3-4-6-16-25/h7-14H,2-6,15-18H2,1H3,(H,24,26). The normalized spacial score (nSPS) is 15.1. The molecular formula is C23H30N2O2. The van der Waals surface area contributed by atoms with Crippen molar-refractivity contribution in [2.75, 3.05) is 19.7 Å². The molecule has 144 valence electrons. The monoisotopic (exact) mass is 366 g/mol. The Hall–Kier alpha value is -2.33. The van der Waals surface area contributed by atoms with Crippen LogP contribution >= 0.6 is 0 Å². The molecule has 4 nitrogen and oxygen atoms in total. The molecule has 1 aliphatic heterocycles. The minimum absolute atomic E-state index is 0.0368. The number of rotatable bonds is 7. The highest BCUT2D eigenvalue weighted by Gasteiger charge is 2.10. The quantitative estimate of drug-likeness (QED) is 0.790. The van der Waals surface area contributed by atoms with Crippen LogP contribution in [0, 0.1) is 0 Å². The molecule has 0 atom stereocenters. The van der Waals surface area contributed by atoms with E-state index in [9.17, 15) is 4.79 Å². The molecule has 0 radical (unpaired) electrons. The number of amides is 1. The van der Waals surface area contributed by atoms with E-state index in [-0.39, 0.29) is 5.91 Å². The van der Waals surface area contributed by atoms with Gasteiger partial charge in [0.1, 0.15) is 5.75 Å². The fourth-order valence-corrected chi connectivity index (χ4v) is 3.47. The minimum atomic E-state index is -0.0368. The Balaban J connectivity index is 1.49. The molecule has 27 heavy (non-hydrogen) atoms. The van der Waals surface area contributed by atoms with Crippen LogP contribution in [0.3, 0.4) is 0 Å². The van der Waals surface area contributed by atoms with Gasteiger partial charge in [-0.3, -0.25) is 9.69 Å². The maximum absolute atomic E-state index is 12.4. The number of nitrogens with one attached hydrogen (secondary N) is 1. The average molecular weight is 367 g/mol. The summed E-state index contributed by atoms with van der Waals surface area (Å²) in [6, 6.07) is 15.9. The number of hydrogen-bond acceptors (Lipinski definition) is 3. The second-order valence-electron chi connectivity index (χ2n) is 7.15. The molecule has 1 heterocycles. The third-order valence-electron chi connectivity index (χ3n) is 5.01. The van der Waals surface area contributed by atoms with Crippen molar-refractivity contribution in [2.24, 2.45) is 0 Å². The third kappa shape index (κ3) is 6.10. The van der Waals surface area contributed by atoms with Crippen LogP contribution in [0.25, 0.3) is 0 Å². The summed E-state index contributed by atoms with van der Waals surface area (Å²) in [4.78, 5) is 14.9. The lowest BCUT2D eigenvalue weighted by atomic mass is 10.1. The van der Waals surface area contributed by atoms with Crippen molar-refractivity contribution in [3.8, 4) is 5.75 Å². The van der Waals surface area contributed by atoms with Crippen LogP contribution in [0.5, 0.6) is 5.75 Å². The van der Waals surface area contributed by atoms with Crippen LogP contribution in [0.4, 0.5) is 0 Å². The van der Waals surface area contributed by atoms with E-state index >= 15 is 0 Å². The summed E-state index contributed by atoms with van der Waals surface area (Å²) in [5, 5.41) is 2.99. The van der Waals surface area contributed by atoms with E-state index in [1.165, 1.54) is 44.3 Å². The van der Waals surface area contributed by atoms with Crippen molar-refractivity contribution in [3.63, 3.8) is 0 Å². The van der Waals surface area contributed by atoms with Gasteiger partial charge in [0.25, 0.3) is 5.91 Å². The van der Waals surface area contributed by atoms with Gasteiger partial charge in [-0.2, -0.15) is 0 Å². The lowest BCUT2D eigenvalue weighted by Gasteiger charge is -2.19. The van der Waals surface area contributed by atoms with Crippen LogP contribution in [-0.4, -0.2) is 30.5 Å². The van der Waals surface area contributed by atoms with E-state index < -0.39 is 0 Å². The fraction of sp³-hybridized carbons (Fsp3) is 0.435. The van der Waals surface area contributed by atoms with Crippen molar-refractivity contribution in [3.05, 3.63) is 65.2 Å². The maximum atomic E-state index is 12.4. The second-order valence-corrected chi connectivity index (χ2v) is 7.15. The Labute approximate surface area is 162 Å². The topological polar surface area (TPSA) is 41.6 Å². The van der Waals surface area contributed by atoms with Crippen LogP contribution in [0.1, 0.15) is 54.1 Å². The van der Waals surface area contributed by atoms with Crippen LogP contribution in [0.2, 0.25) is 0 Å². The molecule has 0 saturated carbocycles. The largest absolute Gasteiger partial charge is 0.494 e. The van der Waals surface area contributed by atoms with Gasteiger partial charge in [0.15, 0.2) is 0 Å². The molecule has 1 N–H and O–H groups in total. The Morgan fingerprint density at radius 2 is 1.56 bits per heavy atom. The van der Waals surface area contributed by atoms with Crippen molar-refractivity contribution in [2.45, 2.75) is 45.7 Å². The van der Waals surface area contributed by atoms with Gasteiger partial charge in [-0.05, 0) is 68.2 Å². The first kappa shape index (κ1) is 19.4. The molecule has 0 aliphatic carbocycles. The van der Waals surface area contributed by atoms with E-state index in [1.54, 1.807) is 0 Å². The molecule has 2 aromatic rings. The molecule has 1 aliphatic rings. The average Bonchev–Trinajstić information content (AvgIpc) is 2.97. The van der Waals surface area contributed by atoms with Crippen LogP contribution in [-0.2, 0) is 13.1 Å². The molecule has 0 spiro atoms. The molecule has 4 heteroatoms. The number of carbonyl (C=O) groups excluding carboxylic acids is 1. The van der Waals surface area contributed by atoms with E-state index in [4.69, 9.17) is 4.74 Å². The van der Waals surface area contributed by atoms with Crippen molar-refractivity contribution < 1.29 is 9.53 Å². The predicted molar refractivity (Wildman–Crippen MR) is 109 cm³/mol. The molecule has 1 saturated heterocycles. The van der Waals surface area contributed by atoms with E-state index in [0.717, 1.165) is 17.9 Å². The Bertz CT molecular complexity index is 702. The molecular weight excluding hydrogens is 336 g/mol. The Morgan fingerprint density at radius 3 is 2.19 bits per heavy atom. The predicted octanol–water partition coefficient (Wildman–Crippen LogP) is 4.39. The summed E-state index contributed by atoms with van der Waals surface area (Å²) in [5.74, 6) is 0.817. The summed E-state index contributed by atoms with van der Waals surface area (Å²) >= 11 is 0. The third-order valence-corrected chi connectivity index (χ3v) is 5.01. The molecule has 1 fully saturated rings. The van der Waals surface area contributed by atoms with Crippen LogP contribution in [0.15, 0.2) is 48.5 Å². The molecule has 0 aromatic heterocycles. The lowest BCUT2D eigenvalue weighted by molar-refractivity contribution is 0.0951. The van der Waals surface area contributed by atoms with Gasteiger partial charge in [0.2, 0.25) is 0 Å². The molecule has 0 bridgehead atoms. The Morgan fingerprint density at radius 1 is 0.926 bits per heavy atom. The zero-order chi connectivity index (χ0) is 18.9. The molecule has 3 rings (SSSR count). The minimum Gasteiger partial charge on any atom is -0.494 e. The van der Waals surface area contributed by atoms with E-state index in [1.807, 2.05) is 43.3 Å². The summed E-state index contributed by atoms with van der Waals surface area (Å²) in [6.07, 6.45) is 5.30.